The zero-order chi connectivity index (χ0) is 11.4. The van der Waals surface area contributed by atoms with E-state index in [1.807, 2.05) is 20.8 Å². The Balaban J connectivity index is 0. The molecule has 0 radical (unpaired) electrons. The molecule has 0 heterocycles. The van der Waals surface area contributed by atoms with Crippen molar-refractivity contribution in [2.75, 3.05) is 6.54 Å². The second-order valence-corrected chi connectivity index (χ2v) is 2.66. The predicted molar refractivity (Wildman–Crippen MR) is 61.2 cm³/mol. The van der Waals surface area contributed by atoms with Crippen LogP contribution in [0.2, 0.25) is 0 Å². The summed E-state index contributed by atoms with van der Waals surface area (Å²) in [6.07, 6.45) is 3.03. The van der Waals surface area contributed by atoms with Crippen LogP contribution in [0.1, 0.15) is 46.5 Å². The fourth-order valence-corrected chi connectivity index (χ4v) is 0.819. The normalized spacial score (nSPS) is 8.50. The van der Waals surface area contributed by atoms with E-state index in [1.54, 1.807) is 0 Å². The second-order valence-electron chi connectivity index (χ2n) is 2.66. The van der Waals surface area contributed by atoms with Crippen LogP contribution in [0.5, 0.6) is 0 Å². The van der Waals surface area contributed by atoms with Gasteiger partial charge in [-0.3, -0.25) is 9.79 Å². The quantitative estimate of drug-likeness (QED) is 0.387. The molecule has 0 amide bonds. The Kier molecular flexibility index (Phi) is 13.1. The molecule has 4 N–H and O–H groups in total. The van der Waals surface area contributed by atoms with Gasteiger partial charge in [-0.1, -0.05) is 20.8 Å². The highest BCUT2D eigenvalue weighted by Crippen LogP contribution is 1.98. The van der Waals surface area contributed by atoms with E-state index in [2.05, 4.69) is 4.99 Å². The van der Waals surface area contributed by atoms with Crippen molar-refractivity contribution in [3.05, 3.63) is 0 Å². The van der Waals surface area contributed by atoms with Gasteiger partial charge in [0.2, 0.25) is 0 Å². The lowest BCUT2D eigenvalue weighted by Crippen LogP contribution is -2.22. The Morgan fingerprint density at radius 2 is 1.79 bits per heavy atom. The number of carbonyl (C=O) groups excluding carboxylic acids is 1. The largest absolute Gasteiger partial charge is 0.370 e. The van der Waals surface area contributed by atoms with Crippen molar-refractivity contribution >= 4 is 11.7 Å². The molecule has 0 aliphatic rings. The van der Waals surface area contributed by atoms with Gasteiger partial charge in [0.25, 0.3) is 0 Å². The molecule has 84 valence electrons. The molecule has 0 fully saturated rings. The summed E-state index contributed by atoms with van der Waals surface area (Å²) in [6.45, 7) is 6.50. The topological polar surface area (TPSA) is 81.5 Å². The number of ketones is 1. The summed E-state index contributed by atoms with van der Waals surface area (Å²) in [5.74, 6) is 0.427. The summed E-state index contributed by atoms with van der Waals surface area (Å²) < 4.78 is 0. The van der Waals surface area contributed by atoms with Gasteiger partial charge in [-0.2, -0.15) is 0 Å². The molecule has 0 rings (SSSR count). The van der Waals surface area contributed by atoms with E-state index in [-0.39, 0.29) is 5.96 Å². The number of aliphatic imine (C=N–C) groups is 1. The average Bonchev–Trinajstić information content (AvgIpc) is 2.19. The predicted octanol–water partition coefficient (Wildman–Crippen LogP) is 1.44. The van der Waals surface area contributed by atoms with Crippen LogP contribution in [0.4, 0.5) is 0 Å². The molecular weight excluding hydrogens is 178 g/mol. The number of hydrogen-bond acceptors (Lipinski definition) is 2. The molecule has 4 heteroatoms. The Morgan fingerprint density at radius 3 is 2.21 bits per heavy atom. The van der Waals surface area contributed by atoms with Gasteiger partial charge in [0.15, 0.2) is 5.96 Å². The van der Waals surface area contributed by atoms with Crippen molar-refractivity contribution in [2.45, 2.75) is 46.5 Å². The monoisotopic (exact) mass is 201 g/mol. The lowest BCUT2D eigenvalue weighted by molar-refractivity contribution is -0.118. The third-order valence-electron chi connectivity index (χ3n) is 1.55. The standard InChI is InChI=1S/C8H17N3O.C2H6/c1-2-7(12)5-3-4-6-11-8(9)10;1-2/h2-6H2,1H3,(H4,9,10,11);1-2H3. The minimum Gasteiger partial charge on any atom is -0.370 e. The fourth-order valence-electron chi connectivity index (χ4n) is 0.819. The van der Waals surface area contributed by atoms with Crippen LogP contribution in [-0.4, -0.2) is 18.3 Å². The van der Waals surface area contributed by atoms with Crippen LogP contribution < -0.4 is 11.5 Å². The van der Waals surface area contributed by atoms with Crippen molar-refractivity contribution in [3.63, 3.8) is 0 Å². The van der Waals surface area contributed by atoms with E-state index in [0.717, 1.165) is 12.8 Å². The third-order valence-corrected chi connectivity index (χ3v) is 1.55. The number of guanidine groups is 1. The summed E-state index contributed by atoms with van der Waals surface area (Å²) in [4.78, 5) is 14.6. The number of nitrogens with zero attached hydrogens (tertiary/aromatic N) is 1. The number of hydrogen-bond donors (Lipinski definition) is 2. The molecule has 0 spiro atoms. The van der Waals surface area contributed by atoms with Gasteiger partial charge in [0, 0.05) is 19.4 Å². The van der Waals surface area contributed by atoms with E-state index in [0.29, 0.717) is 25.2 Å². The first-order valence-electron chi connectivity index (χ1n) is 5.24. The van der Waals surface area contributed by atoms with Gasteiger partial charge < -0.3 is 11.5 Å². The van der Waals surface area contributed by atoms with Crippen molar-refractivity contribution < 1.29 is 4.79 Å². The SMILES string of the molecule is CC.CCC(=O)CCCCN=C(N)N. The Morgan fingerprint density at radius 1 is 1.21 bits per heavy atom. The van der Waals surface area contributed by atoms with Crippen molar-refractivity contribution in [3.8, 4) is 0 Å². The smallest absolute Gasteiger partial charge is 0.185 e. The number of unbranched alkanes of at least 4 members (excludes halogenated alkanes) is 1. The highest BCUT2D eigenvalue weighted by molar-refractivity contribution is 5.77. The van der Waals surface area contributed by atoms with Crippen molar-refractivity contribution in [1.29, 1.82) is 0 Å². The van der Waals surface area contributed by atoms with E-state index in [1.165, 1.54) is 0 Å². The maximum absolute atomic E-state index is 10.8. The summed E-state index contributed by atoms with van der Waals surface area (Å²) in [5, 5.41) is 0. The maximum Gasteiger partial charge on any atom is 0.185 e. The van der Waals surface area contributed by atoms with Gasteiger partial charge in [0.05, 0.1) is 0 Å². The first kappa shape index (κ1) is 15.4. The van der Waals surface area contributed by atoms with Crippen LogP contribution >= 0.6 is 0 Å². The molecule has 4 nitrogen and oxygen atoms in total. The molecule has 0 unspecified atom stereocenters. The Labute approximate surface area is 86.8 Å². The summed E-state index contributed by atoms with van der Waals surface area (Å²) in [6, 6.07) is 0. The minimum atomic E-state index is 0.122. The molecule has 0 aromatic rings. The average molecular weight is 201 g/mol. The zero-order valence-electron chi connectivity index (χ0n) is 9.55. The molecule has 0 atom stereocenters. The zero-order valence-corrected chi connectivity index (χ0v) is 9.55. The highest BCUT2D eigenvalue weighted by atomic mass is 16.1. The minimum absolute atomic E-state index is 0.122. The number of Topliss-reactive ketones (excluding diaryl/α,β-unsaturated/α-hetero) is 1. The molecule has 0 aliphatic carbocycles. The van der Waals surface area contributed by atoms with E-state index in [9.17, 15) is 4.79 Å². The van der Waals surface area contributed by atoms with Gasteiger partial charge in [-0.15, -0.1) is 0 Å². The van der Waals surface area contributed by atoms with E-state index in [4.69, 9.17) is 11.5 Å². The van der Waals surface area contributed by atoms with Gasteiger partial charge in [-0.05, 0) is 12.8 Å². The second kappa shape index (κ2) is 11.9. The number of rotatable bonds is 6. The Hall–Kier alpha value is -1.06. The first-order chi connectivity index (χ1) is 6.66. The lowest BCUT2D eigenvalue weighted by atomic mass is 10.1. The van der Waals surface area contributed by atoms with Crippen LogP contribution in [0.15, 0.2) is 4.99 Å². The summed E-state index contributed by atoms with van der Waals surface area (Å²) in [5.41, 5.74) is 10.2. The Bertz CT molecular complexity index is 163. The van der Waals surface area contributed by atoms with Crippen LogP contribution in [0, 0.1) is 0 Å². The van der Waals surface area contributed by atoms with Gasteiger partial charge in [0.1, 0.15) is 5.78 Å². The van der Waals surface area contributed by atoms with Crippen LogP contribution in [0.25, 0.3) is 0 Å². The first-order valence-corrected chi connectivity index (χ1v) is 5.24. The maximum atomic E-state index is 10.8. The molecule has 0 aliphatic heterocycles. The van der Waals surface area contributed by atoms with Crippen LogP contribution in [-0.2, 0) is 4.79 Å². The number of nitrogens with two attached hydrogens (primary N) is 2. The molecule has 0 aromatic carbocycles. The van der Waals surface area contributed by atoms with Gasteiger partial charge >= 0.3 is 0 Å². The lowest BCUT2D eigenvalue weighted by Gasteiger charge is -1.96. The third kappa shape index (κ3) is 13.5. The van der Waals surface area contributed by atoms with Crippen LogP contribution in [0.3, 0.4) is 0 Å². The van der Waals surface area contributed by atoms with Crippen molar-refractivity contribution in [1.82, 2.24) is 0 Å². The molecule has 0 saturated carbocycles. The molecule has 0 aromatic heterocycles. The van der Waals surface area contributed by atoms with Gasteiger partial charge in [-0.25, -0.2) is 0 Å². The molecule has 0 saturated heterocycles. The number of carbonyl (C=O) groups is 1. The highest BCUT2D eigenvalue weighted by Gasteiger charge is 1.96. The van der Waals surface area contributed by atoms with E-state index < -0.39 is 0 Å². The van der Waals surface area contributed by atoms with E-state index >= 15 is 0 Å². The molecular formula is C10H23N3O. The molecule has 0 bridgehead atoms. The molecule has 14 heavy (non-hydrogen) atoms. The fraction of sp³-hybridized carbons (Fsp3) is 0.800. The summed E-state index contributed by atoms with van der Waals surface area (Å²) >= 11 is 0. The van der Waals surface area contributed by atoms with Crippen molar-refractivity contribution in [2.24, 2.45) is 16.5 Å². The summed E-state index contributed by atoms with van der Waals surface area (Å²) in [7, 11) is 0.